The highest BCUT2D eigenvalue weighted by molar-refractivity contribution is 8.01. The molecule has 0 saturated heterocycles. The third kappa shape index (κ3) is 4.04. The maximum absolute atomic E-state index is 11.8. The predicted octanol–water partition coefficient (Wildman–Crippen LogP) is 3.95. The zero-order chi connectivity index (χ0) is 20.4. The van der Waals surface area contributed by atoms with Gasteiger partial charge in [0.1, 0.15) is 9.96 Å². The first-order valence-corrected chi connectivity index (χ1v) is 12.0. The molecule has 0 atom stereocenters. The van der Waals surface area contributed by atoms with Gasteiger partial charge >= 0.3 is 0 Å². The average Bonchev–Trinajstić information content (AvgIpc) is 3.36. The largest absolute Gasteiger partial charge is 0.496 e. The molecule has 148 valence electrons. The van der Waals surface area contributed by atoms with Crippen molar-refractivity contribution < 1.29 is 13.2 Å². The molecule has 0 amide bonds. The van der Waals surface area contributed by atoms with Crippen molar-refractivity contribution in [2.24, 2.45) is 0 Å². The molecule has 4 rings (SSSR count). The molecule has 2 heterocycles. The normalized spacial score (nSPS) is 11.5. The topological polar surface area (TPSA) is 87.0 Å². The van der Waals surface area contributed by atoms with E-state index in [-0.39, 0.29) is 4.21 Å². The highest BCUT2D eigenvalue weighted by Gasteiger charge is 2.21. The molecule has 4 aromatic rings. The van der Waals surface area contributed by atoms with Gasteiger partial charge in [-0.05, 0) is 36.0 Å². The third-order valence-electron chi connectivity index (χ3n) is 4.00. The van der Waals surface area contributed by atoms with Crippen LogP contribution in [0.2, 0.25) is 0 Å². The van der Waals surface area contributed by atoms with Gasteiger partial charge in [-0.2, -0.15) is 0 Å². The summed E-state index contributed by atoms with van der Waals surface area (Å²) in [7, 11) is -1.69. The number of hydrogen-bond acceptors (Lipinski definition) is 8. The number of thiazole rings is 1. The van der Waals surface area contributed by atoms with Gasteiger partial charge in [-0.1, -0.05) is 41.7 Å². The van der Waals surface area contributed by atoms with Crippen molar-refractivity contribution in [3.05, 3.63) is 60.8 Å². The van der Waals surface area contributed by atoms with Gasteiger partial charge in [-0.3, -0.25) is 4.57 Å². The van der Waals surface area contributed by atoms with Gasteiger partial charge in [0, 0.05) is 11.9 Å². The second-order valence-electron chi connectivity index (χ2n) is 6.00. The van der Waals surface area contributed by atoms with Crippen LogP contribution < -0.4 is 4.74 Å². The zero-order valence-electron chi connectivity index (χ0n) is 15.5. The fourth-order valence-corrected chi connectivity index (χ4v) is 5.60. The first-order valence-electron chi connectivity index (χ1n) is 8.45. The van der Waals surface area contributed by atoms with Crippen molar-refractivity contribution in [3.63, 3.8) is 0 Å². The molecule has 0 radical (unpaired) electrons. The lowest BCUT2D eigenvalue weighted by molar-refractivity contribution is 0.416. The molecule has 0 aliphatic carbocycles. The minimum Gasteiger partial charge on any atom is -0.496 e. The highest BCUT2D eigenvalue weighted by atomic mass is 32.2. The number of para-hydroxylation sites is 2. The van der Waals surface area contributed by atoms with Crippen LogP contribution in [0.3, 0.4) is 0 Å². The van der Waals surface area contributed by atoms with Gasteiger partial charge in [-0.15, -0.1) is 10.2 Å². The van der Waals surface area contributed by atoms with Crippen LogP contribution in [0.25, 0.3) is 17.1 Å². The first kappa shape index (κ1) is 19.6. The summed E-state index contributed by atoms with van der Waals surface area (Å²) >= 11 is 2.38. The number of aromatic nitrogens is 4. The van der Waals surface area contributed by atoms with E-state index >= 15 is 0 Å². The van der Waals surface area contributed by atoms with E-state index in [1.165, 1.54) is 24.2 Å². The Hall–Kier alpha value is -2.69. The molecule has 7 nitrogen and oxygen atoms in total. The number of nitrogens with zero attached hydrogens (tertiary/aromatic N) is 4. The summed E-state index contributed by atoms with van der Waals surface area (Å²) < 4.78 is 31.7. The quantitative estimate of drug-likeness (QED) is 0.445. The molecule has 0 spiro atoms. The summed E-state index contributed by atoms with van der Waals surface area (Å²) in [5, 5.41) is 9.32. The number of sulfone groups is 1. The van der Waals surface area contributed by atoms with E-state index in [0.29, 0.717) is 21.1 Å². The average molecular weight is 445 g/mol. The highest BCUT2D eigenvalue weighted by Crippen LogP contribution is 2.37. The number of methoxy groups -OCH3 is 1. The molecule has 2 aromatic carbocycles. The zero-order valence-corrected chi connectivity index (χ0v) is 18.0. The molecule has 29 heavy (non-hydrogen) atoms. The van der Waals surface area contributed by atoms with Crippen LogP contribution in [0.4, 0.5) is 0 Å². The van der Waals surface area contributed by atoms with Crippen LogP contribution >= 0.6 is 23.1 Å². The van der Waals surface area contributed by atoms with Gasteiger partial charge in [0.15, 0.2) is 20.0 Å². The number of benzene rings is 2. The van der Waals surface area contributed by atoms with Crippen LogP contribution in [-0.4, -0.2) is 41.5 Å². The fraction of sp³-hybridized carbons (Fsp3) is 0.105. The molecule has 0 bridgehead atoms. The Morgan fingerprint density at radius 3 is 2.45 bits per heavy atom. The molecule has 0 N–H and O–H groups in total. The number of ether oxygens (including phenoxy) is 1. The summed E-state index contributed by atoms with van der Waals surface area (Å²) in [6.45, 7) is 0. The van der Waals surface area contributed by atoms with Crippen LogP contribution in [0.1, 0.15) is 0 Å². The SMILES string of the molecule is COc1ccccc1-c1nnc(Sc2ncc(S(C)(=O)=O)s2)n1-c1ccccc1. The lowest BCUT2D eigenvalue weighted by Gasteiger charge is -2.11. The van der Waals surface area contributed by atoms with Crippen LogP contribution in [0.15, 0.2) is 74.5 Å². The molecule has 0 aliphatic heterocycles. The van der Waals surface area contributed by atoms with Gasteiger partial charge in [-0.25, -0.2) is 13.4 Å². The number of rotatable bonds is 6. The van der Waals surface area contributed by atoms with E-state index in [2.05, 4.69) is 15.2 Å². The van der Waals surface area contributed by atoms with Gasteiger partial charge in [0.2, 0.25) is 5.16 Å². The number of hydrogen-bond donors (Lipinski definition) is 0. The summed E-state index contributed by atoms with van der Waals surface area (Å²) in [5.74, 6) is 1.30. The second-order valence-corrected chi connectivity index (χ2v) is 10.5. The smallest absolute Gasteiger partial charge is 0.203 e. The predicted molar refractivity (Wildman–Crippen MR) is 113 cm³/mol. The van der Waals surface area contributed by atoms with Crippen LogP contribution in [0.5, 0.6) is 5.75 Å². The van der Waals surface area contributed by atoms with Gasteiger partial charge in [0.05, 0.1) is 18.9 Å². The molecular formula is C19H16N4O3S3. The van der Waals surface area contributed by atoms with E-state index in [9.17, 15) is 8.42 Å². The van der Waals surface area contributed by atoms with Crippen LogP contribution in [-0.2, 0) is 9.84 Å². The van der Waals surface area contributed by atoms with E-state index in [1.807, 2.05) is 59.2 Å². The Balaban J connectivity index is 1.83. The molecule has 0 unspecified atom stereocenters. The summed E-state index contributed by atoms with van der Waals surface area (Å²) in [5.41, 5.74) is 1.68. The van der Waals surface area contributed by atoms with Gasteiger partial charge < -0.3 is 4.74 Å². The molecule has 2 aromatic heterocycles. The van der Waals surface area contributed by atoms with Crippen molar-refractivity contribution in [2.45, 2.75) is 13.7 Å². The van der Waals surface area contributed by atoms with Crippen molar-refractivity contribution in [3.8, 4) is 22.8 Å². The maximum Gasteiger partial charge on any atom is 0.203 e. The Bertz CT molecular complexity index is 1250. The van der Waals surface area contributed by atoms with E-state index in [1.54, 1.807) is 7.11 Å². The summed E-state index contributed by atoms with van der Waals surface area (Å²) in [6.07, 6.45) is 2.54. The summed E-state index contributed by atoms with van der Waals surface area (Å²) in [4.78, 5) is 4.22. The van der Waals surface area contributed by atoms with Crippen molar-refractivity contribution >= 4 is 32.9 Å². The Morgan fingerprint density at radius 1 is 1.03 bits per heavy atom. The maximum atomic E-state index is 11.8. The Labute approximate surface area is 176 Å². The van der Waals surface area contributed by atoms with Crippen molar-refractivity contribution in [1.82, 2.24) is 19.7 Å². The fourth-order valence-electron chi connectivity index (χ4n) is 2.69. The first-order chi connectivity index (χ1) is 14.0. The van der Waals surface area contributed by atoms with Crippen molar-refractivity contribution in [1.29, 1.82) is 0 Å². The Kier molecular flexibility index (Phi) is 5.39. The Morgan fingerprint density at radius 2 is 1.76 bits per heavy atom. The minimum atomic E-state index is -3.30. The molecular weight excluding hydrogens is 428 g/mol. The van der Waals surface area contributed by atoms with E-state index in [0.717, 1.165) is 22.6 Å². The summed E-state index contributed by atoms with van der Waals surface area (Å²) in [6, 6.07) is 17.3. The standard InChI is InChI=1S/C19H16N4O3S3/c1-26-15-11-7-6-10-14(15)17-21-22-18(23(17)13-8-4-3-5-9-13)28-19-20-12-16(27-19)29(2,24)25/h3-12H,1-2H3. The monoisotopic (exact) mass is 444 g/mol. The van der Waals surface area contributed by atoms with E-state index < -0.39 is 9.84 Å². The van der Waals surface area contributed by atoms with Crippen molar-refractivity contribution in [2.75, 3.05) is 13.4 Å². The minimum absolute atomic E-state index is 0.218. The van der Waals surface area contributed by atoms with E-state index in [4.69, 9.17) is 4.74 Å². The molecule has 0 saturated carbocycles. The third-order valence-corrected chi connectivity index (χ3v) is 7.81. The molecule has 10 heteroatoms. The van der Waals surface area contributed by atoms with Crippen LogP contribution in [0, 0.1) is 0 Å². The lowest BCUT2D eigenvalue weighted by Crippen LogP contribution is -2.00. The lowest BCUT2D eigenvalue weighted by atomic mass is 10.2. The molecule has 0 aliphatic rings. The second kappa shape index (κ2) is 7.97. The molecule has 0 fully saturated rings. The van der Waals surface area contributed by atoms with Gasteiger partial charge in [0.25, 0.3) is 0 Å².